The summed E-state index contributed by atoms with van der Waals surface area (Å²) in [6.45, 7) is 5.52. The average molecular weight is 342 g/mol. The van der Waals surface area contributed by atoms with Crippen molar-refractivity contribution < 1.29 is 14.3 Å². The highest BCUT2D eigenvalue weighted by molar-refractivity contribution is 7.13. The zero-order chi connectivity index (χ0) is 15.9. The molecule has 0 aliphatic rings. The molecule has 0 saturated carbocycles. The van der Waals surface area contributed by atoms with Crippen molar-refractivity contribution in [1.82, 2.24) is 15.2 Å². The second-order valence-corrected chi connectivity index (χ2v) is 6.92. The lowest BCUT2D eigenvalue weighted by Crippen LogP contribution is -2.09. The van der Waals surface area contributed by atoms with Gasteiger partial charge in [0.15, 0.2) is 15.8 Å². The molecular formula is C13H18N4O3S2. The van der Waals surface area contributed by atoms with Gasteiger partial charge in [-0.1, -0.05) is 25.2 Å². The van der Waals surface area contributed by atoms with Gasteiger partial charge < -0.3 is 14.8 Å². The third-order valence-corrected chi connectivity index (χ3v) is 4.15. The fourth-order valence-corrected chi connectivity index (χ4v) is 2.89. The summed E-state index contributed by atoms with van der Waals surface area (Å²) in [4.78, 5) is 16.1. The molecule has 0 atom stereocenters. The first-order chi connectivity index (χ1) is 10.6. The molecule has 1 N–H and O–H groups in total. The maximum Gasteiger partial charge on any atom is 0.358 e. The number of hydrogen-bond acceptors (Lipinski definition) is 9. The smallest absolute Gasteiger partial charge is 0.358 e. The fraction of sp³-hybridized carbons (Fsp3) is 0.538. The van der Waals surface area contributed by atoms with Crippen LogP contribution in [0.5, 0.6) is 0 Å². The van der Waals surface area contributed by atoms with Gasteiger partial charge in [-0.05, 0) is 5.92 Å². The predicted octanol–water partition coefficient (Wildman–Crippen LogP) is 2.57. The Kier molecular flexibility index (Phi) is 6.22. The SMILES string of the molecule is COCc1nnc(COC(=O)c2csc(NCC(C)C)n2)s1. The third kappa shape index (κ3) is 5.00. The van der Waals surface area contributed by atoms with E-state index in [9.17, 15) is 4.79 Å². The quantitative estimate of drug-likeness (QED) is 0.738. The molecule has 2 aromatic heterocycles. The Hall–Kier alpha value is -1.58. The summed E-state index contributed by atoms with van der Waals surface area (Å²) >= 11 is 2.74. The first-order valence-electron chi connectivity index (χ1n) is 6.75. The number of ether oxygens (including phenoxy) is 2. The molecular weight excluding hydrogens is 324 g/mol. The molecule has 120 valence electrons. The van der Waals surface area contributed by atoms with E-state index in [2.05, 4.69) is 34.3 Å². The van der Waals surface area contributed by atoms with Gasteiger partial charge in [-0.15, -0.1) is 21.5 Å². The van der Waals surface area contributed by atoms with Crippen molar-refractivity contribution in [3.05, 3.63) is 21.1 Å². The van der Waals surface area contributed by atoms with E-state index in [-0.39, 0.29) is 6.61 Å². The molecule has 0 fully saturated rings. The number of hydrogen-bond donors (Lipinski definition) is 1. The number of carbonyl (C=O) groups excluding carboxylic acids is 1. The number of esters is 1. The first-order valence-corrected chi connectivity index (χ1v) is 8.44. The van der Waals surface area contributed by atoms with E-state index in [0.29, 0.717) is 23.2 Å². The highest BCUT2D eigenvalue weighted by Crippen LogP contribution is 2.17. The van der Waals surface area contributed by atoms with E-state index in [1.165, 1.54) is 22.7 Å². The lowest BCUT2D eigenvalue weighted by molar-refractivity contribution is 0.0466. The Morgan fingerprint density at radius 3 is 2.73 bits per heavy atom. The Labute approximate surface area is 136 Å². The zero-order valence-electron chi connectivity index (χ0n) is 12.7. The molecule has 7 nitrogen and oxygen atoms in total. The minimum atomic E-state index is -0.461. The van der Waals surface area contributed by atoms with Crippen LogP contribution in [0.3, 0.4) is 0 Å². The normalized spacial score (nSPS) is 10.9. The van der Waals surface area contributed by atoms with Crippen LogP contribution in [0.25, 0.3) is 0 Å². The summed E-state index contributed by atoms with van der Waals surface area (Å²) in [5.41, 5.74) is 0.304. The number of aromatic nitrogens is 3. The zero-order valence-corrected chi connectivity index (χ0v) is 14.3. The van der Waals surface area contributed by atoms with E-state index in [4.69, 9.17) is 9.47 Å². The number of thiazole rings is 1. The van der Waals surface area contributed by atoms with Crippen molar-refractivity contribution in [1.29, 1.82) is 0 Å². The van der Waals surface area contributed by atoms with Crippen molar-refractivity contribution in [3.63, 3.8) is 0 Å². The molecule has 9 heteroatoms. The highest BCUT2D eigenvalue weighted by atomic mass is 32.1. The van der Waals surface area contributed by atoms with Crippen LogP contribution < -0.4 is 5.32 Å². The number of carbonyl (C=O) groups is 1. The van der Waals surface area contributed by atoms with Crippen LogP contribution in [-0.4, -0.2) is 34.8 Å². The molecule has 0 aliphatic carbocycles. The van der Waals surface area contributed by atoms with Gasteiger partial charge in [0.2, 0.25) is 0 Å². The van der Waals surface area contributed by atoms with Crippen LogP contribution in [0, 0.1) is 5.92 Å². The molecule has 2 heterocycles. The Balaban J connectivity index is 1.83. The minimum absolute atomic E-state index is 0.0898. The highest BCUT2D eigenvalue weighted by Gasteiger charge is 2.14. The first kappa shape index (κ1) is 16.8. The number of rotatable bonds is 8. The molecule has 0 radical (unpaired) electrons. The maximum absolute atomic E-state index is 11.9. The molecule has 0 bridgehead atoms. The topological polar surface area (TPSA) is 86.2 Å². The molecule has 0 saturated heterocycles. The van der Waals surface area contributed by atoms with Gasteiger partial charge in [0, 0.05) is 19.0 Å². The molecule has 0 amide bonds. The third-order valence-electron chi connectivity index (χ3n) is 2.48. The van der Waals surface area contributed by atoms with Crippen molar-refractivity contribution in [2.45, 2.75) is 27.1 Å². The molecule has 0 unspecified atom stereocenters. The van der Waals surface area contributed by atoms with Crippen LogP contribution in [0.2, 0.25) is 0 Å². The predicted molar refractivity (Wildman–Crippen MR) is 85.2 cm³/mol. The monoisotopic (exact) mass is 342 g/mol. The summed E-state index contributed by atoms with van der Waals surface area (Å²) in [7, 11) is 1.59. The number of anilines is 1. The van der Waals surface area contributed by atoms with Crippen LogP contribution in [-0.2, 0) is 22.7 Å². The van der Waals surface area contributed by atoms with Crippen LogP contribution >= 0.6 is 22.7 Å². The summed E-state index contributed by atoms with van der Waals surface area (Å²) in [5.74, 6) is 0.0512. The minimum Gasteiger partial charge on any atom is -0.453 e. The van der Waals surface area contributed by atoms with Crippen LogP contribution in [0.4, 0.5) is 5.13 Å². The van der Waals surface area contributed by atoms with Gasteiger partial charge in [0.25, 0.3) is 0 Å². The van der Waals surface area contributed by atoms with Gasteiger partial charge >= 0.3 is 5.97 Å². The van der Waals surface area contributed by atoms with E-state index < -0.39 is 5.97 Å². The summed E-state index contributed by atoms with van der Waals surface area (Å²) in [5, 5.41) is 14.8. The second-order valence-electron chi connectivity index (χ2n) is 4.91. The Morgan fingerprint density at radius 1 is 1.32 bits per heavy atom. The standard InChI is InChI=1S/C13H18N4O3S2/c1-8(2)4-14-13-15-9(7-21-13)12(18)20-6-11-17-16-10(22-11)5-19-3/h7-8H,4-6H2,1-3H3,(H,14,15). The lowest BCUT2D eigenvalue weighted by Gasteiger charge is -2.04. The molecule has 0 aliphatic heterocycles. The molecule has 0 aromatic carbocycles. The fourth-order valence-electron chi connectivity index (χ4n) is 1.47. The van der Waals surface area contributed by atoms with Crippen LogP contribution in [0.1, 0.15) is 34.4 Å². The van der Waals surface area contributed by atoms with E-state index in [1.807, 2.05) is 0 Å². The molecule has 2 rings (SSSR count). The number of nitrogens with one attached hydrogen (secondary N) is 1. The van der Waals surface area contributed by atoms with E-state index in [0.717, 1.165) is 16.7 Å². The van der Waals surface area contributed by atoms with Crippen LogP contribution in [0.15, 0.2) is 5.38 Å². The summed E-state index contributed by atoms with van der Waals surface area (Å²) in [6, 6.07) is 0. The lowest BCUT2D eigenvalue weighted by atomic mass is 10.2. The second kappa shape index (κ2) is 8.16. The van der Waals surface area contributed by atoms with E-state index >= 15 is 0 Å². The van der Waals surface area contributed by atoms with E-state index in [1.54, 1.807) is 12.5 Å². The Bertz CT molecular complexity index is 612. The summed E-state index contributed by atoms with van der Waals surface area (Å²) in [6.07, 6.45) is 0. The van der Waals surface area contributed by atoms with Crippen molar-refractivity contribution in [2.24, 2.45) is 5.92 Å². The molecule has 2 aromatic rings. The van der Waals surface area contributed by atoms with Crippen molar-refractivity contribution in [3.8, 4) is 0 Å². The van der Waals surface area contributed by atoms with Gasteiger partial charge in [0.05, 0.1) is 6.61 Å². The molecule has 22 heavy (non-hydrogen) atoms. The molecule has 0 spiro atoms. The van der Waals surface area contributed by atoms with Crippen molar-refractivity contribution in [2.75, 3.05) is 19.0 Å². The van der Waals surface area contributed by atoms with Gasteiger partial charge in [-0.2, -0.15) is 0 Å². The number of methoxy groups -OCH3 is 1. The van der Waals surface area contributed by atoms with Gasteiger partial charge in [-0.25, -0.2) is 9.78 Å². The van der Waals surface area contributed by atoms with Crippen molar-refractivity contribution >= 4 is 33.8 Å². The van der Waals surface area contributed by atoms with Gasteiger partial charge in [0.1, 0.15) is 11.6 Å². The Morgan fingerprint density at radius 2 is 2.05 bits per heavy atom. The number of nitrogens with zero attached hydrogens (tertiary/aromatic N) is 3. The average Bonchev–Trinajstić information content (AvgIpc) is 3.12. The summed E-state index contributed by atoms with van der Waals surface area (Å²) < 4.78 is 10.2. The maximum atomic E-state index is 11.9. The van der Waals surface area contributed by atoms with Gasteiger partial charge in [-0.3, -0.25) is 0 Å². The largest absolute Gasteiger partial charge is 0.453 e.